The standard InChI is InChI=1S/C5H7O2.C3H5O.C2H2N.CH3.I3.4W/c1-4(6)3-5(2)7;1-3(2)4;1-3-2;;1-3-2;;;;/h3H,1-2H3;1H2,2H3;1H2;1H3;;;;;/q5*-1;;;;. The summed E-state index contributed by atoms with van der Waals surface area (Å²) in [5.41, 5.74) is 0. The Bertz CT molecular complexity index is 249. The van der Waals surface area contributed by atoms with Gasteiger partial charge in [-0.15, -0.1) is 0 Å². The van der Waals surface area contributed by atoms with E-state index in [4.69, 9.17) is 6.57 Å². The summed E-state index contributed by atoms with van der Waals surface area (Å²) >= 11 is 5.30. The largest absolute Gasteiger partial charge is 0.464 e. The molecule has 22 heavy (non-hydrogen) atoms. The van der Waals surface area contributed by atoms with Gasteiger partial charge in [0.15, 0.2) is 0 Å². The third-order valence-electron chi connectivity index (χ3n) is 0.407. The molecular weight excluding hydrogens is 1310 g/mol. The first-order valence-corrected chi connectivity index (χ1v) is 16.4. The zero-order valence-corrected chi connectivity index (χ0v) is 30.6. The number of ketones is 3. The fourth-order valence-electron chi connectivity index (χ4n) is 0.286. The second-order valence-electron chi connectivity index (χ2n) is 2.28. The van der Waals surface area contributed by atoms with Gasteiger partial charge in [0.1, 0.15) is 0 Å². The summed E-state index contributed by atoms with van der Waals surface area (Å²) < 4.78 is 0. The van der Waals surface area contributed by atoms with Crippen LogP contribution in [0.4, 0.5) is 0 Å². The van der Waals surface area contributed by atoms with E-state index in [1.54, 1.807) is 0 Å². The van der Waals surface area contributed by atoms with Gasteiger partial charge in [-0.1, -0.05) is 7.05 Å². The first-order chi connectivity index (χ1) is 7.69. The van der Waals surface area contributed by atoms with Crippen molar-refractivity contribution in [1.29, 1.82) is 0 Å². The minimum Gasteiger partial charge on any atom is -0.464 e. The summed E-state index contributed by atoms with van der Waals surface area (Å²) in [6.07, 6.45) is 1.06. The van der Waals surface area contributed by atoms with Gasteiger partial charge in [0.25, 0.3) is 0 Å². The molecule has 4 nitrogen and oxygen atoms in total. The van der Waals surface area contributed by atoms with Crippen LogP contribution < -0.4 is 13.3 Å². The molecule has 0 aromatic heterocycles. The monoisotopic (exact) mass is 1330 g/mol. The molecule has 0 bridgehead atoms. The van der Waals surface area contributed by atoms with E-state index in [2.05, 4.69) is 56.0 Å². The molecule has 0 aliphatic carbocycles. The van der Waals surface area contributed by atoms with E-state index in [-0.39, 0.29) is 109 Å². The molecule has 0 aromatic carbocycles. The van der Waals surface area contributed by atoms with Crippen molar-refractivity contribution < 1.29 is 112 Å². The fourth-order valence-corrected chi connectivity index (χ4v) is 0.286. The van der Waals surface area contributed by atoms with E-state index in [1.165, 1.54) is 20.8 Å². The van der Waals surface area contributed by atoms with Gasteiger partial charge in [-0.2, -0.15) is 0 Å². The van der Waals surface area contributed by atoms with E-state index < -0.39 is 0 Å². The van der Waals surface area contributed by atoms with Crippen molar-refractivity contribution in [3.05, 3.63) is 39.2 Å². The van der Waals surface area contributed by atoms with Crippen molar-refractivity contribution in [1.82, 2.24) is 0 Å². The van der Waals surface area contributed by atoms with Crippen molar-refractivity contribution in [3.8, 4) is 0 Å². The van der Waals surface area contributed by atoms with Crippen LogP contribution in [0.3, 0.4) is 0 Å². The molecule has 0 heterocycles. The first-order valence-electron chi connectivity index (χ1n) is 3.87. The van der Waals surface area contributed by atoms with E-state index in [0.29, 0.717) is 13.3 Å². The summed E-state index contributed by atoms with van der Waals surface area (Å²) in [6.45, 7) is 12.8. The van der Waals surface area contributed by atoms with Gasteiger partial charge in [-0.3, -0.25) is 13.0 Å². The number of hydrogen-bond acceptors (Lipinski definition) is 3. The molecule has 0 aliphatic rings. The maximum Gasteiger partial charge on any atom is 0 e. The fraction of sp³-hybridized carbons (Fsp3) is 0.273. The Morgan fingerprint density at radius 3 is 1.09 bits per heavy atom. The zero-order valence-electron chi connectivity index (χ0n) is 12.4. The van der Waals surface area contributed by atoms with Gasteiger partial charge in [0.05, 0.1) is 0 Å². The third-order valence-corrected chi connectivity index (χ3v) is 0.407. The van der Waals surface area contributed by atoms with Crippen molar-refractivity contribution in [2.75, 3.05) is 0 Å². The molecule has 0 rings (SSSR count). The quantitative estimate of drug-likeness (QED) is 0.233. The molecule has 0 N–H and O–H groups in total. The van der Waals surface area contributed by atoms with Crippen molar-refractivity contribution in [2.45, 2.75) is 20.8 Å². The maximum absolute atomic E-state index is 9.98. The first kappa shape index (κ1) is 56.2. The van der Waals surface area contributed by atoms with Gasteiger partial charge in [0.2, 0.25) is 0 Å². The van der Waals surface area contributed by atoms with Crippen LogP contribution in [0.25, 0.3) is 4.85 Å². The number of halogens is 3. The van der Waals surface area contributed by atoms with Crippen LogP contribution in [-0.2, 0) is 98.6 Å². The van der Waals surface area contributed by atoms with Crippen molar-refractivity contribution >= 4 is 54.6 Å². The number of Topliss-reactive ketones (excluding diaryl/α,β-unsaturated/α-hetero) is 3. The Balaban J connectivity index is -0.0000000144. The van der Waals surface area contributed by atoms with Crippen LogP contribution in [0.2, 0.25) is 0 Å². The van der Waals surface area contributed by atoms with E-state index >= 15 is 0 Å². The molecule has 0 amide bonds. The predicted octanol–water partition coefficient (Wildman–Crippen LogP) is 0.691. The average Bonchev–Trinajstić information content (AvgIpc) is 2.01. The minimum absolute atomic E-state index is 0. The normalized spacial score (nSPS) is 4.91. The Labute approximate surface area is 222 Å². The number of hydrogen-bond donors (Lipinski definition) is 0. The summed E-state index contributed by atoms with van der Waals surface area (Å²) in [6, 6.07) is 0. The zero-order chi connectivity index (χ0) is 14.9. The molecule has 0 aliphatic heterocycles. The molecule has 0 spiro atoms. The molecule has 0 aromatic rings. The Morgan fingerprint density at radius 2 is 1.09 bits per heavy atom. The number of carbonyl (C=O) groups excluding carboxylic acids is 3. The summed E-state index contributed by atoms with van der Waals surface area (Å²) in [7, 11) is 2.78. The van der Waals surface area contributed by atoms with E-state index in [0.717, 1.165) is 6.42 Å². The summed E-state index contributed by atoms with van der Waals surface area (Å²) in [5, 5.41) is 0. The molecule has 0 saturated heterocycles. The van der Waals surface area contributed by atoms with Crippen LogP contribution in [-0.4, -0.2) is 17.3 Å². The summed E-state index contributed by atoms with van der Waals surface area (Å²) in [4.78, 5) is 31.8. The van der Waals surface area contributed by atoms with Gasteiger partial charge < -0.3 is 33.6 Å². The number of nitrogens with zero attached hydrogens (tertiary/aromatic N) is 1. The van der Waals surface area contributed by atoms with E-state index in [9.17, 15) is 14.4 Å². The van der Waals surface area contributed by atoms with E-state index in [1.807, 2.05) is 0 Å². The van der Waals surface area contributed by atoms with Gasteiger partial charge in [0, 0.05) is 95.8 Å². The second-order valence-corrected chi connectivity index (χ2v) is 18.5. The van der Waals surface area contributed by atoms with Crippen LogP contribution >= 0.6 is 37.2 Å². The maximum atomic E-state index is 9.98. The van der Waals surface area contributed by atoms with Crippen LogP contribution in [0.5, 0.6) is 0 Å². The Kier molecular flexibility index (Phi) is 144. The molecule has 0 radical (unpaired) electrons. The molecule has 0 fully saturated rings. The molecule has 0 atom stereocenters. The number of rotatable bonds is 2. The minimum atomic E-state index is -0.187. The van der Waals surface area contributed by atoms with Crippen LogP contribution in [0.15, 0.2) is 0 Å². The molecule has 11 heteroatoms. The molecular formula is C11H17I3NO3W4-5. The third kappa shape index (κ3) is 225. The van der Waals surface area contributed by atoms with Crippen LogP contribution in [0.1, 0.15) is 20.8 Å². The Hall–Kier alpha value is 3.05. The van der Waals surface area contributed by atoms with Gasteiger partial charge in [-0.25, -0.2) is 0 Å². The summed E-state index contributed by atoms with van der Waals surface area (Å²) in [5.74, 6) is -0.458. The van der Waals surface area contributed by atoms with Gasteiger partial charge >= 0.3 is 50.5 Å². The van der Waals surface area contributed by atoms with Gasteiger partial charge in [-0.05, 0) is 26.6 Å². The average molecular weight is 1330 g/mol. The second kappa shape index (κ2) is 56.4. The molecule has 0 unspecified atom stereocenters. The van der Waals surface area contributed by atoms with Crippen LogP contribution in [0, 0.1) is 34.4 Å². The number of carbonyl (C=O) groups is 3. The molecule has 134 valence electrons. The topological polar surface area (TPSA) is 55.6 Å². The SMILES string of the molecule is CC(=O)[CH-]C(C)=O.I[I-]I.[C-]#[N+][CH2-].[CH2-]C(C)=O.[CH3-].[W].[W].[W].[W]. The van der Waals surface area contributed by atoms with Crippen molar-refractivity contribution in [3.63, 3.8) is 0 Å². The Morgan fingerprint density at radius 1 is 1.00 bits per heavy atom. The smallest absolute Gasteiger partial charge is 0 e. The van der Waals surface area contributed by atoms with Crippen molar-refractivity contribution in [2.24, 2.45) is 0 Å². The predicted molar refractivity (Wildman–Crippen MR) is 88.1 cm³/mol. The molecule has 0 saturated carbocycles.